The summed E-state index contributed by atoms with van der Waals surface area (Å²) in [7, 11) is -0.833. The second kappa shape index (κ2) is 14.7. The fourth-order valence-corrected chi connectivity index (χ4v) is 6.69. The average molecular weight is 622 g/mol. The molecule has 1 aliphatic heterocycles. The molecule has 44 heavy (non-hydrogen) atoms. The predicted molar refractivity (Wildman–Crippen MR) is 167 cm³/mol. The predicted octanol–water partition coefficient (Wildman–Crippen LogP) is 4.04. The van der Waals surface area contributed by atoms with Gasteiger partial charge in [-0.25, -0.2) is 8.42 Å². The van der Waals surface area contributed by atoms with Crippen molar-refractivity contribution < 1.29 is 31.8 Å². The van der Waals surface area contributed by atoms with Crippen molar-refractivity contribution in [3.63, 3.8) is 0 Å². The number of sulfonamides is 1. The van der Waals surface area contributed by atoms with E-state index in [0.717, 1.165) is 16.3 Å². The number of morpholine rings is 1. The number of amides is 1. The number of rotatable bonds is 14. The Morgan fingerprint density at radius 3 is 2.39 bits per heavy atom. The smallest absolute Gasteiger partial charge is 0.243 e. The summed E-state index contributed by atoms with van der Waals surface area (Å²) in [6, 6.07) is 21.9. The van der Waals surface area contributed by atoms with Gasteiger partial charge >= 0.3 is 0 Å². The van der Waals surface area contributed by atoms with Crippen LogP contribution in [-0.4, -0.2) is 95.1 Å². The molecular formula is C33H39N3O7S. The molecular weight excluding hydrogens is 582 g/mol. The molecule has 0 spiro atoms. The number of ether oxygens (including phenoxy) is 3. The zero-order valence-electron chi connectivity index (χ0n) is 25.2. The fourth-order valence-electron chi connectivity index (χ4n) is 5.27. The largest absolute Gasteiger partial charge is 0.493 e. The minimum absolute atomic E-state index is 0.161. The Balaban J connectivity index is 1.39. The summed E-state index contributed by atoms with van der Waals surface area (Å²) >= 11 is 0. The maximum absolute atomic E-state index is 14.1. The highest BCUT2D eigenvalue weighted by Crippen LogP contribution is 2.28. The van der Waals surface area contributed by atoms with Crippen molar-refractivity contribution in [3.05, 3.63) is 90.4 Å². The number of methoxy groups -OCH3 is 2. The number of hydrogen-bond acceptors (Lipinski definition) is 8. The SMILES string of the molecule is COc1ccc(CCN(Cc2ccco2)C(=O)CN(CCN2CCOCC2)S(=O)(=O)c2ccc3ccccc3c2)cc1OC. The first-order valence-electron chi connectivity index (χ1n) is 14.7. The van der Waals surface area contributed by atoms with E-state index in [1.807, 2.05) is 42.5 Å². The van der Waals surface area contributed by atoms with Gasteiger partial charge in [-0.15, -0.1) is 0 Å². The number of hydrogen-bond donors (Lipinski definition) is 0. The maximum atomic E-state index is 14.1. The molecule has 11 heteroatoms. The molecule has 0 saturated carbocycles. The van der Waals surface area contributed by atoms with Crippen LogP contribution in [0.4, 0.5) is 0 Å². The highest BCUT2D eigenvalue weighted by molar-refractivity contribution is 7.89. The summed E-state index contributed by atoms with van der Waals surface area (Å²) < 4.78 is 51.3. The van der Waals surface area contributed by atoms with E-state index in [0.29, 0.717) is 63.1 Å². The van der Waals surface area contributed by atoms with Gasteiger partial charge < -0.3 is 23.5 Å². The van der Waals surface area contributed by atoms with Gasteiger partial charge in [0.2, 0.25) is 15.9 Å². The summed E-state index contributed by atoms with van der Waals surface area (Å²) in [5.74, 6) is 1.52. The van der Waals surface area contributed by atoms with Crippen molar-refractivity contribution in [1.82, 2.24) is 14.1 Å². The summed E-state index contributed by atoms with van der Waals surface area (Å²) in [5, 5.41) is 1.77. The molecule has 0 atom stereocenters. The molecule has 1 saturated heterocycles. The molecule has 0 unspecified atom stereocenters. The first-order valence-corrected chi connectivity index (χ1v) is 16.1. The van der Waals surface area contributed by atoms with Crippen molar-refractivity contribution in [3.8, 4) is 11.5 Å². The molecule has 5 rings (SSSR count). The van der Waals surface area contributed by atoms with Crippen molar-refractivity contribution in [2.24, 2.45) is 0 Å². The van der Waals surface area contributed by atoms with E-state index in [9.17, 15) is 13.2 Å². The van der Waals surface area contributed by atoms with Gasteiger partial charge in [0.25, 0.3) is 0 Å². The average Bonchev–Trinajstić information content (AvgIpc) is 3.58. The van der Waals surface area contributed by atoms with Crippen molar-refractivity contribution in [1.29, 1.82) is 0 Å². The molecule has 1 aromatic heterocycles. The lowest BCUT2D eigenvalue weighted by molar-refractivity contribution is -0.132. The van der Waals surface area contributed by atoms with Crippen LogP contribution in [-0.2, 0) is 32.5 Å². The minimum Gasteiger partial charge on any atom is -0.493 e. The number of furan rings is 1. The Kier molecular flexibility index (Phi) is 10.5. The molecule has 4 aromatic rings. The van der Waals surface area contributed by atoms with Gasteiger partial charge in [0.05, 0.1) is 51.7 Å². The molecule has 0 aliphatic carbocycles. The van der Waals surface area contributed by atoms with Crippen LogP contribution in [0, 0.1) is 0 Å². The van der Waals surface area contributed by atoms with Crippen LogP contribution in [0.5, 0.6) is 11.5 Å². The molecule has 1 aliphatic rings. The van der Waals surface area contributed by atoms with Crippen molar-refractivity contribution in [2.75, 3.05) is 66.7 Å². The summed E-state index contributed by atoms with van der Waals surface area (Å²) in [6.45, 7) is 3.56. The van der Waals surface area contributed by atoms with E-state index < -0.39 is 10.0 Å². The van der Waals surface area contributed by atoms with Crippen molar-refractivity contribution in [2.45, 2.75) is 17.9 Å². The number of benzene rings is 3. The van der Waals surface area contributed by atoms with Crippen LogP contribution in [0.15, 0.2) is 88.4 Å². The molecule has 1 fully saturated rings. The fraction of sp³-hybridized carbons (Fsp3) is 0.364. The lowest BCUT2D eigenvalue weighted by Crippen LogP contribution is -2.47. The first-order chi connectivity index (χ1) is 21.4. The zero-order valence-corrected chi connectivity index (χ0v) is 26.0. The Morgan fingerprint density at radius 2 is 1.66 bits per heavy atom. The number of fused-ring (bicyclic) bond motifs is 1. The van der Waals surface area contributed by atoms with E-state index in [2.05, 4.69) is 4.90 Å². The van der Waals surface area contributed by atoms with Crippen LogP contribution in [0.1, 0.15) is 11.3 Å². The lowest BCUT2D eigenvalue weighted by Gasteiger charge is -2.31. The lowest BCUT2D eigenvalue weighted by atomic mass is 10.1. The van der Waals surface area contributed by atoms with Gasteiger partial charge in [0, 0.05) is 32.7 Å². The van der Waals surface area contributed by atoms with Gasteiger partial charge in [0.1, 0.15) is 5.76 Å². The summed E-state index contributed by atoms with van der Waals surface area (Å²) in [6.07, 6.45) is 2.09. The third-order valence-corrected chi connectivity index (χ3v) is 9.68. The van der Waals surface area contributed by atoms with E-state index in [1.165, 1.54) is 4.31 Å². The standard InChI is InChI=1S/C33H39N3O7S/c1-40-31-12-9-26(22-32(31)41-2)13-14-35(24-29-8-5-19-43-29)33(37)25-36(16-15-34-17-20-42-21-18-34)44(38,39)30-11-10-27-6-3-4-7-28(27)23-30/h3-12,19,22-23H,13-18,20-21,24-25H2,1-2H3. The topological polar surface area (TPSA) is 102 Å². The van der Waals surface area contributed by atoms with Gasteiger partial charge in [-0.1, -0.05) is 36.4 Å². The third kappa shape index (κ3) is 7.78. The Bertz CT molecular complexity index is 1640. The second-order valence-corrected chi connectivity index (χ2v) is 12.6. The molecule has 234 valence electrons. The van der Waals surface area contributed by atoms with Crippen molar-refractivity contribution >= 4 is 26.7 Å². The first kappa shape index (κ1) is 31.5. The maximum Gasteiger partial charge on any atom is 0.243 e. The summed E-state index contributed by atoms with van der Waals surface area (Å²) in [5.41, 5.74) is 0.952. The Morgan fingerprint density at radius 1 is 0.886 bits per heavy atom. The minimum atomic E-state index is -3.99. The molecule has 1 amide bonds. The molecule has 0 bridgehead atoms. The summed E-state index contributed by atoms with van der Waals surface area (Å²) in [4.78, 5) is 17.9. The Labute approximate surface area is 258 Å². The molecule has 3 aromatic carbocycles. The van der Waals surface area contributed by atoms with Gasteiger partial charge in [-0.2, -0.15) is 4.31 Å². The molecule has 0 radical (unpaired) electrons. The third-order valence-electron chi connectivity index (χ3n) is 7.84. The monoisotopic (exact) mass is 621 g/mol. The normalized spacial score (nSPS) is 14.2. The second-order valence-electron chi connectivity index (χ2n) is 10.6. The van der Waals surface area contributed by atoms with Crippen LogP contribution in [0.3, 0.4) is 0 Å². The number of carbonyl (C=O) groups excluding carboxylic acids is 1. The highest BCUT2D eigenvalue weighted by Gasteiger charge is 2.30. The highest BCUT2D eigenvalue weighted by atomic mass is 32.2. The van der Waals surface area contributed by atoms with E-state index in [1.54, 1.807) is 55.7 Å². The van der Waals surface area contributed by atoms with Crippen LogP contribution in [0.25, 0.3) is 10.8 Å². The quantitative estimate of drug-likeness (QED) is 0.208. The van der Waals surface area contributed by atoms with Gasteiger partial charge in [0.15, 0.2) is 11.5 Å². The Hall–Kier alpha value is -3.90. The molecule has 10 nitrogen and oxygen atoms in total. The zero-order chi connectivity index (χ0) is 30.9. The number of carbonyl (C=O) groups is 1. The van der Waals surface area contributed by atoms with Gasteiger partial charge in [-0.3, -0.25) is 9.69 Å². The van der Waals surface area contributed by atoms with Crippen LogP contribution in [0.2, 0.25) is 0 Å². The van der Waals surface area contributed by atoms with E-state index >= 15 is 0 Å². The van der Waals surface area contributed by atoms with E-state index in [-0.39, 0.29) is 30.4 Å². The number of nitrogens with zero attached hydrogens (tertiary/aromatic N) is 3. The van der Waals surface area contributed by atoms with Gasteiger partial charge in [-0.05, 0) is 59.2 Å². The molecule has 2 heterocycles. The molecule has 0 N–H and O–H groups in total. The van der Waals surface area contributed by atoms with E-state index in [4.69, 9.17) is 18.6 Å². The van der Waals surface area contributed by atoms with Crippen LogP contribution < -0.4 is 9.47 Å². The van der Waals surface area contributed by atoms with Crippen LogP contribution >= 0.6 is 0 Å².